The van der Waals surface area contributed by atoms with Gasteiger partial charge >= 0.3 is 17.9 Å². The van der Waals surface area contributed by atoms with Gasteiger partial charge in [0, 0.05) is 107 Å². The maximum absolute atomic E-state index is 12.0. The second-order valence-electron chi connectivity index (χ2n) is 15.1. The maximum atomic E-state index is 12.0. The van der Waals surface area contributed by atoms with Gasteiger partial charge in [0.25, 0.3) is 17.7 Å². The largest absolute Gasteiger partial charge is 0.477 e. The number of nitrogens with zero attached hydrogens (tertiary/aromatic N) is 3. The van der Waals surface area contributed by atoms with Crippen molar-refractivity contribution in [1.29, 1.82) is 0 Å². The van der Waals surface area contributed by atoms with Crippen LogP contribution in [0.5, 0.6) is 0 Å². The third-order valence-electron chi connectivity index (χ3n) is 9.46. The number of nitrogens with one attached hydrogen (secondary N) is 6. The average molecular weight is 1130 g/mol. The molecule has 0 aliphatic carbocycles. The summed E-state index contributed by atoms with van der Waals surface area (Å²) in [6, 6.07) is 29.4. The van der Waals surface area contributed by atoms with E-state index in [9.17, 15) is 58.5 Å². The van der Waals surface area contributed by atoms with Crippen LogP contribution in [0.15, 0.2) is 109 Å². The molecule has 73 heavy (non-hydrogen) atoms. The molecule has 0 bridgehead atoms. The Kier molecular flexibility index (Phi) is 23.3. The van der Waals surface area contributed by atoms with Crippen LogP contribution in [0.1, 0.15) is 104 Å². The van der Waals surface area contributed by atoms with Gasteiger partial charge in [-0.15, -0.1) is 0 Å². The molecule has 0 saturated carbocycles. The molecule has 22 heteroatoms. The number of carboxylic acid groups (broad SMARTS) is 3. The van der Waals surface area contributed by atoms with Gasteiger partial charge in [0.15, 0.2) is 0 Å². The zero-order chi connectivity index (χ0) is 53.1. The number of carbonyl (C=O) groups is 9. The number of aromatic carboxylic acids is 3. The molecule has 0 spiro atoms. The van der Waals surface area contributed by atoms with Crippen molar-refractivity contribution in [3.63, 3.8) is 0 Å². The molecule has 0 saturated heterocycles. The first-order chi connectivity index (χ1) is 34.2. The second-order valence-corrected chi connectivity index (χ2v) is 15.1. The number of amides is 6. The standard InChI is InChI=1S/3C17H17N3O4.Eu/c3*1-3-18-16(22)14-8-12(9-15(20-14)17(23)24)11-4-6-13(7-5-11)19-10(2)21;/h3*4-9H,3H2,1-2H3,(H,18,22)(H,19,21)(H,23,24);. The summed E-state index contributed by atoms with van der Waals surface area (Å²) < 4.78 is 0. The van der Waals surface area contributed by atoms with E-state index in [-0.39, 0.29) is 101 Å². The number of pyridine rings is 3. The Hall–Kier alpha value is -8.08. The molecule has 0 unspecified atom stereocenters. The molecule has 6 rings (SSSR count). The summed E-state index contributed by atoms with van der Waals surface area (Å²) in [7, 11) is 0. The molecule has 3 heterocycles. The van der Waals surface area contributed by atoms with E-state index in [0.29, 0.717) is 70.1 Å². The number of hydrogen-bond acceptors (Lipinski definition) is 12. The minimum atomic E-state index is -1.21. The molecule has 0 aliphatic heterocycles. The molecule has 0 aliphatic rings. The first kappa shape index (κ1) is 59.2. The Morgan fingerprint density at radius 1 is 0.356 bits per heavy atom. The van der Waals surface area contributed by atoms with Crippen LogP contribution < -0.4 is 31.9 Å². The van der Waals surface area contributed by atoms with Crippen LogP contribution in [-0.4, -0.2) is 103 Å². The predicted octanol–water partition coefficient (Wildman–Crippen LogP) is 6.46. The van der Waals surface area contributed by atoms with Crippen molar-refractivity contribution in [2.75, 3.05) is 35.6 Å². The predicted molar refractivity (Wildman–Crippen MR) is 267 cm³/mol. The summed E-state index contributed by atoms with van der Waals surface area (Å²) in [5.41, 5.74) is 5.16. The Morgan fingerprint density at radius 3 is 0.740 bits per heavy atom. The first-order valence-corrected chi connectivity index (χ1v) is 22.0. The normalized spacial score (nSPS) is 9.95. The van der Waals surface area contributed by atoms with Gasteiger partial charge in [-0.05, 0) is 127 Å². The number of benzene rings is 3. The fourth-order valence-electron chi connectivity index (χ4n) is 6.37. The molecule has 1 radical (unpaired) electrons. The molecule has 3 aromatic carbocycles. The zero-order valence-corrected chi connectivity index (χ0v) is 42.7. The summed E-state index contributed by atoms with van der Waals surface area (Å²) in [5, 5.41) is 43.3. The number of carbonyl (C=O) groups excluding carboxylic acids is 6. The van der Waals surface area contributed by atoms with Crippen molar-refractivity contribution in [3.8, 4) is 33.4 Å². The third kappa shape index (κ3) is 18.6. The number of aromatic nitrogens is 3. The van der Waals surface area contributed by atoms with Crippen LogP contribution >= 0.6 is 0 Å². The SMILES string of the molecule is CCNC(=O)c1cc(-c2ccc(NC(C)=O)cc2)cc(C(=O)O)n1.CCNC(=O)c1cc(-c2ccc(NC(C)=O)cc2)cc(C(=O)O)n1.CCNC(=O)c1cc(-c2ccc(NC(C)=O)cc2)cc(C(=O)O)n1.[Eu]. The molecule has 6 amide bonds. The number of carboxylic acids is 3. The minimum Gasteiger partial charge on any atom is -0.477 e. The Morgan fingerprint density at radius 2 is 0.562 bits per heavy atom. The van der Waals surface area contributed by atoms with Crippen molar-refractivity contribution < 1.29 is 108 Å². The molecule has 6 aromatic rings. The van der Waals surface area contributed by atoms with Crippen molar-refractivity contribution in [2.24, 2.45) is 0 Å². The van der Waals surface area contributed by atoms with E-state index in [4.69, 9.17) is 0 Å². The average Bonchev–Trinajstić information content (AvgIpc) is 3.34. The zero-order valence-electron chi connectivity index (χ0n) is 40.2. The van der Waals surface area contributed by atoms with E-state index < -0.39 is 35.6 Å². The molecule has 0 atom stereocenters. The summed E-state index contributed by atoms with van der Waals surface area (Å²) >= 11 is 0. The molecule has 379 valence electrons. The van der Waals surface area contributed by atoms with E-state index >= 15 is 0 Å². The van der Waals surface area contributed by atoms with Gasteiger partial charge in [-0.3, -0.25) is 28.8 Å². The quantitative estimate of drug-likeness (QED) is 0.0532. The van der Waals surface area contributed by atoms with Crippen LogP contribution in [0.4, 0.5) is 17.1 Å². The van der Waals surface area contributed by atoms with Gasteiger partial charge in [-0.2, -0.15) is 0 Å². The number of hydrogen-bond donors (Lipinski definition) is 9. The number of rotatable bonds is 15. The van der Waals surface area contributed by atoms with Gasteiger partial charge in [-0.1, -0.05) is 36.4 Å². The van der Waals surface area contributed by atoms with Crippen molar-refractivity contribution >= 4 is 70.4 Å². The van der Waals surface area contributed by atoms with Crippen LogP contribution in [-0.2, 0) is 14.4 Å². The molecule has 3 aromatic heterocycles. The Labute approximate surface area is 459 Å². The van der Waals surface area contributed by atoms with E-state index in [1.54, 1.807) is 93.6 Å². The van der Waals surface area contributed by atoms with Crippen LogP contribution in [0, 0.1) is 49.4 Å². The molecule has 0 fully saturated rings. The minimum absolute atomic E-state index is 0. The van der Waals surface area contributed by atoms with Gasteiger partial charge in [0.2, 0.25) is 17.7 Å². The topological polar surface area (TPSA) is 325 Å². The van der Waals surface area contributed by atoms with Crippen LogP contribution in [0.2, 0.25) is 0 Å². The molecular formula is C51H51EuN9O12. The van der Waals surface area contributed by atoms with Gasteiger partial charge in [0.1, 0.15) is 34.2 Å². The van der Waals surface area contributed by atoms with Crippen LogP contribution in [0.3, 0.4) is 0 Å². The summed E-state index contributed by atoms with van der Waals surface area (Å²) in [4.78, 5) is 114. The fourth-order valence-corrected chi connectivity index (χ4v) is 6.37. The molecule has 9 N–H and O–H groups in total. The summed E-state index contributed by atoms with van der Waals surface area (Å²) in [6.07, 6.45) is 0. The van der Waals surface area contributed by atoms with Gasteiger partial charge in [-0.25, -0.2) is 29.3 Å². The van der Waals surface area contributed by atoms with Crippen molar-refractivity contribution in [2.45, 2.75) is 41.5 Å². The van der Waals surface area contributed by atoms with E-state index in [1.807, 2.05) is 0 Å². The van der Waals surface area contributed by atoms with E-state index in [1.165, 1.54) is 57.2 Å². The first-order valence-electron chi connectivity index (χ1n) is 22.0. The summed E-state index contributed by atoms with van der Waals surface area (Å²) in [6.45, 7) is 10.8. The van der Waals surface area contributed by atoms with E-state index in [0.717, 1.165) is 0 Å². The molecule has 21 nitrogen and oxygen atoms in total. The summed E-state index contributed by atoms with van der Waals surface area (Å²) in [5.74, 6) is -5.48. The smallest absolute Gasteiger partial charge is 0.354 e. The van der Waals surface area contributed by atoms with Gasteiger partial charge < -0.3 is 47.2 Å². The van der Waals surface area contributed by atoms with Crippen molar-refractivity contribution in [1.82, 2.24) is 30.9 Å². The van der Waals surface area contributed by atoms with Gasteiger partial charge in [0.05, 0.1) is 0 Å². The molecular weight excluding hydrogens is 1080 g/mol. The second kappa shape index (κ2) is 28.7. The third-order valence-corrected chi connectivity index (χ3v) is 9.46. The monoisotopic (exact) mass is 1130 g/mol. The Bertz CT molecular complexity index is 2680. The van der Waals surface area contributed by atoms with Crippen LogP contribution in [0.25, 0.3) is 33.4 Å². The maximum Gasteiger partial charge on any atom is 0.354 e. The van der Waals surface area contributed by atoms with Crippen molar-refractivity contribution in [3.05, 3.63) is 143 Å². The van der Waals surface area contributed by atoms with E-state index in [2.05, 4.69) is 46.9 Å². The Balaban J connectivity index is 0.000000287. The number of anilines is 3. The fraction of sp³-hybridized carbons (Fsp3) is 0.176.